The van der Waals surface area contributed by atoms with E-state index in [2.05, 4.69) is 26.8 Å². The van der Waals surface area contributed by atoms with E-state index in [0.29, 0.717) is 0 Å². The zero-order valence-electron chi connectivity index (χ0n) is 10.8. The molecule has 0 N–H and O–H groups in total. The van der Waals surface area contributed by atoms with Crippen LogP contribution in [-0.4, -0.2) is 6.61 Å². The minimum absolute atomic E-state index is 0.878. The zero-order valence-corrected chi connectivity index (χ0v) is 11.7. The first-order valence-corrected chi connectivity index (χ1v) is 7.25. The van der Waals surface area contributed by atoms with Crippen LogP contribution in [0.15, 0.2) is 6.07 Å². The topological polar surface area (TPSA) is 9.23 Å². The summed E-state index contributed by atoms with van der Waals surface area (Å²) >= 11 is 1.82. The first kappa shape index (κ1) is 13.6. The second kappa shape index (κ2) is 7.72. The number of aryl methyl sites for hydroxylation is 2. The molecule has 0 spiro atoms. The van der Waals surface area contributed by atoms with Crippen molar-refractivity contribution >= 4 is 11.3 Å². The summed E-state index contributed by atoms with van der Waals surface area (Å²) in [7, 11) is 0. The van der Waals surface area contributed by atoms with Gasteiger partial charge in [-0.2, -0.15) is 0 Å². The summed E-state index contributed by atoms with van der Waals surface area (Å²) in [6.07, 6.45) is 7.94. The highest BCUT2D eigenvalue weighted by Gasteiger charge is 2.02. The molecule has 1 heterocycles. The van der Waals surface area contributed by atoms with Crippen molar-refractivity contribution in [3.05, 3.63) is 15.8 Å². The highest BCUT2D eigenvalue weighted by molar-refractivity contribution is 7.12. The molecule has 0 bridgehead atoms. The van der Waals surface area contributed by atoms with Gasteiger partial charge in [-0.1, -0.05) is 39.0 Å². The maximum Gasteiger partial charge on any atom is 0.133 e. The summed E-state index contributed by atoms with van der Waals surface area (Å²) in [5, 5.41) is 0. The van der Waals surface area contributed by atoms with Crippen LogP contribution in [0.5, 0.6) is 5.75 Å². The molecule has 2 heteroatoms. The van der Waals surface area contributed by atoms with Gasteiger partial charge in [0.25, 0.3) is 0 Å². The van der Waals surface area contributed by atoms with Gasteiger partial charge < -0.3 is 4.74 Å². The van der Waals surface area contributed by atoms with Gasteiger partial charge in [0.15, 0.2) is 0 Å². The Hall–Kier alpha value is -0.500. The molecule has 0 unspecified atom stereocenters. The predicted octanol–water partition coefficient (Wildman–Crippen LogP) is 5.10. The van der Waals surface area contributed by atoms with Crippen molar-refractivity contribution < 1.29 is 4.74 Å². The van der Waals surface area contributed by atoms with Crippen molar-refractivity contribution in [3.8, 4) is 5.75 Å². The highest BCUT2D eigenvalue weighted by Crippen LogP contribution is 2.27. The van der Waals surface area contributed by atoms with Gasteiger partial charge in [-0.25, -0.2) is 0 Å². The fourth-order valence-corrected chi connectivity index (χ4v) is 2.68. The molecule has 0 atom stereocenters. The third kappa shape index (κ3) is 5.02. The van der Waals surface area contributed by atoms with Crippen LogP contribution in [0.3, 0.4) is 0 Å². The molecule has 1 aromatic rings. The van der Waals surface area contributed by atoms with Crippen LogP contribution in [0.4, 0.5) is 0 Å². The third-order valence-corrected chi connectivity index (χ3v) is 3.70. The SMILES string of the molecule is CCCCCCCCOc1cc(C)sc1C. The molecule has 0 saturated carbocycles. The van der Waals surface area contributed by atoms with Crippen molar-refractivity contribution in [1.82, 2.24) is 0 Å². The van der Waals surface area contributed by atoms with E-state index in [-0.39, 0.29) is 0 Å². The molecule has 92 valence electrons. The lowest BCUT2D eigenvalue weighted by Crippen LogP contribution is -1.97. The van der Waals surface area contributed by atoms with E-state index >= 15 is 0 Å². The summed E-state index contributed by atoms with van der Waals surface area (Å²) in [6, 6.07) is 2.15. The van der Waals surface area contributed by atoms with Gasteiger partial charge in [-0.3, -0.25) is 0 Å². The van der Waals surface area contributed by atoms with Crippen molar-refractivity contribution in [2.24, 2.45) is 0 Å². The monoisotopic (exact) mass is 240 g/mol. The van der Waals surface area contributed by atoms with Crippen LogP contribution in [-0.2, 0) is 0 Å². The molecule has 0 amide bonds. The van der Waals surface area contributed by atoms with Crippen LogP contribution in [0.25, 0.3) is 0 Å². The quantitative estimate of drug-likeness (QED) is 0.574. The lowest BCUT2D eigenvalue weighted by molar-refractivity contribution is 0.304. The molecule has 1 rings (SSSR count). The first-order chi connectivity index (χ1) is 7.74. The van der Waals surface area contributed by atoms with Gasteiger partial charge in [-0.05, 0) is 26.3 Å². The molecule has 0 saturated heterocycles. The number of unbranched alkanes of at least 4 members (excludes halogenated alkanes) is 5. The summed E-state index contributed by atoms with van der Waals surface area (Å²) in [5.41, 5.74) is 0. The van der Waals surface area contributed by atoms with Crippen molar-refractivity contribution in [3.63, 3.8) is 0 Å². The van der Waals surface area contributed by atoms with Crippen LogP contribution in [0.2, 0.25) is 0 Å². The van der Waals surface area contributed by atoms with Crippen molar-refractivity contribution in [1.29, 1.82) is 0 Å². The second-order valence-electron chi connectivity index (χ2n) is 4.39. The van der Waals surface area contributed by atoms with Crippen molar-refractivity contribution in [2.45, 2.75) is 59.3 Å². The van der Waals surface area contributed by atoms with E-state index in [4.69, 9.17) is 4.74 Å². The number of ether oxygens (including phenoxy) is 1. The third-order valence-electron chi connectivity index (χ3n) is 2.75. The predicted molar refractivity (Wildman–Crippen MR) is 72.7 cm³/mol. The van der Waals surface area contributed by atoms with Crippen LogP contribution >= 0.6 is 11.3 Å². The van der Waals surface area contributed by atoms with Crippen LogP contribution in [0.1, 0.15) is 55.2 Å². The molecule has 0 aliphatic heterocycles. The second-order valence-corrected chi connectivity index (χ2v) is 5.85. The summed E-state index contributed by atoms with van der Waals surface area (Å²) in [4.78, 5) is 2.65. The molecular formula is C14H24OS. The number of rotatable bonds is 8. The Morgan fingerprint density at radius 2 is 1.75 bits per heavy atom. The maximum atomic E-state index is 5.77. The van der Waals surface area contributed by atoms with Gasteiger partial charge in [0.05, 0.1) is 6.61 Å². The molecule has 0 aliphatic carbocycles. The Balaban J connectivity index is 2.05. The van der Waals surface area contributed by atoms with E-state index in [1.807, 2.05) is 11.3 Å². The fourth-order valence-electron chi connectivity index (χ4n) is 1.82. The molecule has 0 aliphatic rings. The minimum atomic E-state index is 0.878. The largest absolute Gasteiger partial charge is 0.492 e. The molecule has 0 radical (unpaired) electrons. The van der Waals surface area contributed by atoms with Crippen LogP contribution in [0, 0.1) is 13.8 Å². The van der Waals surface area contributed by atoms with Gasteiger partial charge in [0.1, 0.15) is 5.75 Å². The molecular weight excluding hydrogens is 216 g/mol. The van der Waals surface area contributed by atoms with Gasteiger partial charge in [0.2, 0.25) is 0 Å². The Bertz CT molecular complexity index is 291. The summed E-state index contributed by atoms with van der Waals surface area (Å²) in [6.45, 7) is 7.40. The Morgan fingerprint density at radius 3 is 2.38 bits per heavy atom. The standard InChI is InChI=1S/C14H24OS/c1-4-5-6-7-8-9-10-15-14-11-12(2)16-13(14)3/h11H,4-10H2,1-3H3. The lowest BCUT2D eigenvalue weighted by Gasteiger charge is -2.05. The Morgan fingerprint density at radius 1 is 1.06 bits per heavy atom. The molecule has 1 aromatic heterocycles. The summed E-state index contributed by atoms with van der Waals surface area (Å²) in [5.74, 6) is 1.09. The lowest BCUT2D eigenvalue weighted by atomic mass is 10.1. The molecule has 0 aromatic carbocycles. The minimum Gasteiger partial charge on any atom is -0.492 e. The maximum absolute atomic E-state index is 5.77. The van der Waals surface area contributed by atoms with Crippen molar-refractivity contribution in [2.75, 3.05) is 6.61 Å². The highest BCUT2D eigenvalue weighted by atomic mass is 32.1. The number of thiophene rings is 1. The smallest absolute Gasteiger partial charge is 0.133 e. The van der Waals surface area contributed by atoms with Gasteiger partial charge in [-0.15, -0.1) is 11.3 Å². The summed E-state index contributed by atoms with van der Waals surface area (Å²) < 4.78 is 5.77. The van der Waals surface area contributed by atoms with Gasteiger partial charge >= 0.3 is 0 Å². The van der Waals surface area contributed by atoms with Crippen LogP contribution < -0.4 is 4.74 Å². The van der Waals surface area contributed by atoms with E-state index < -0.39 is 0 Å². The first-order valence-electron chi connectivity index (χ1n) is 6.44. The number of hydrogen-bond donors (Lipinski definition) is 0. The average molecular weight is 240 g/mol. The Kier molecular flexibility index (Phi) is 6.55. The fraction of sp³-hybridized carbons (Fsp3) is 0.714. The zero-order chi connectivity index (χ0) is 11.8. The normalized spacial score (nSPS) is 10.7. The van der Waals surface area contributed by atoms with E-state index in [9.17, 15) is 0 Å². The van der Waals surface area contributed by atoms with E-state index in [1.165, 1.54) is 48.3 Å². The molecule has 0 fully saturated rings. The number of hydrogen-bond acceptors (Lipinski definition) is 2. The molecule has 16 heavy (non-hydrogen) atoms. The van der Waals surface area contributed by atoms with Gasteiger partial charge in [0, 0.05) is 9.75 Å². The average Bonchev–Trinajstić information content (AvgIpc) is 2.56. The van der Waals surface area contributed by atoms with E-state index in [1.54, 1.807) is 0 Å². The van der Waals surface area contributed by atoms with E-state index in [0.717, 1.165) is 12.4 Å². The Labute approximate surface area is 104 Å². The molecule has 1 nitrogen and oxygen atoms in total.